The summed E-state index contributed by atoms with van der Waals surface area (Å²) in [5.41, 5.74) is 3.83. The lowest BCUT2D eigenvalue weighted by Gasteiger charge is -2.07. The number of aliphatic hydroxyl groups excluding tert-OH is 1. The third-order valence-corrected chi connectivity index (χ3v) is 5.90. The second-order valence-electron chi connectivity index (χ2n) is 7.29. The highest BCUT2D eigenvalue weighted by atomic mass is 32.1. The van der Waals surface area contributed by atoms with Crippen molar-refractivity contribution in [1.29, 1.82) is 0 Å². The molecule has 1 aromatic carbocycles. The van der Waals surface area contributed by atoms with Crippen LogP contribution < -0.4 is 0 Å². The van der Waals surface area contributed by atoms with Gasteiger partial charge in [0.05, 0.1) is 18.3 Å². The van der Waals surface area contributed by atoms with Crippen LogP contribution in [0.4, 0.5) is 13.2 Å². The molecule has 0 unspecified atom stereocenters. The number of imidazole rings is 1. The SMILES string of the molecule is O=C(CCC(F)(F)F)Cc1cccc(-c2cnc3cc(-c4nnc(CCO)s4)ccn23)c1. The summed E-state index contributed by atoms with van der Waals surface area (Å²) in [4.78, 5) is 16.4. The average Bonchev–Trinajstić information content (AvgIpc) is 3.39. The maximum Gasteiger partial charge on any atom is 0.389 e. The van der Waals surface area contributed by atoms with Gasteiger partial charge in [-0.1, -0.05) is 29.5 Å². The number of aliphatic hydroxyl groups is 1. The van der Waals surface area contributed by atoms with Crippen LogP contribution in [-0.2, 0) is 17.6 Å². The van der Waals surface area contributed by atoms with Crippen LogP contribution in [0.15, 0.2) is 48.8 Å². The predicted molar refractivity (Wildman–Crippen MR) is 114 cm³/mol. The minimum Gasteiger partial charge on any atom is -0.396 e. The van der Waals surface area contributed by atoms with Gasteiger partial charge in [0.2, 0.25) is 0 Å². The Labute approximate surface area is 185 Å². The number of hydrogen-bond donors (Lipinski definition) is 1. The first-order chi connectivity index (χ1) is 15.3. The minimum atomic E-state index is -4.33. The Kier molecular flexibility index (Phi) is 6.33. The maximum absolute atomic E-state index is 12.3. The summed E-state index contributed by atoms with van der Waals surface area (Å²) in [5.74, 6) is -0.445. The van der Waals surface area contributed by atoms with Gasteiger partial charge in [-0.15, -0.1) is 10.2 Å². The highest BCUT2D eigenvalue weighted by Crippen LogP contribution is 2.28. The number of carbonyl (C=O) groups excluding carboxylic acids is 1. The molecule has 1 N–H and O–H groups in total. The fourth-order valence-corrected chi connectivity index (χ4v) is 4.16. The molecule has 0 saturated carbocycles. The first-order valence-electron chi connectivity index (χ1n) is 9.91. The number of ketones is 1. The van der Waals surface area contributed by atoms with E-state index in [0.29, 0.717) is 17.6 Å². The molecule has 0 aliphatic heterocycles. The molecule has 166 valence electrons. The van der Waals surface area contributed by atoms with Gasteiger partial charge in [0, 0.05) is 43.2 Å². The van der Waals surface area contributed by atoms with Crippen LogP contribution in [0.2, 0.25) is 0 Å². The van der Waals surface area contributed by atoms with Gasteiger partial charge in [0.15, 0.2) is 0 Å². The van der Waals surface area contributed by atoms with Crippen molar-refractivity contribution in [2.75, 3.05) is 6.61 Å². The van der Waals surface area contributed by atoms with Gasteiger partial charge in [0.25, 0.3) is 0 Å². The molecule has 0 atom stereocenters. The van der Waals surface area contributed by atoms with Gasteiger partial charge in [-0.25, -0.2) is 4.98 Å². The lowest BCUT2D eigenvalue weighted by molar-refractivity contribution is -0.143. The molecule has 0 radical (unpaired) electrons. The Morgan fingerprint density at radius 3 is 2.75 bits per heavy atom. The fourth-order valence-electron chi connectivity index (χ4n) is 3.33. The molecular weight excluding hydrogens is 441 g/mol. The van der Waals surface area contributed by atoms with E-state index in [4.69, 9.17) is 5.11 Å². The zero-order valence-electron chi connectivity index (χ0n) is 16.8. The molecular formula is C22H19F3N4O2S. The Morgan fingerprint density at radius 1 is 1.12 bits per heavy atom. The van der Waals surface area contributed by atoms with Crippen LogP contribution in [0.25, 0.3) is 27.5 Å². The Hall–Kier alpha value is -3.11. The van der Waals surface area contributed by atoms with Gasteiger partial charge in [-0.2, -0.15) is 13.2 Å². The summed E-state index contributed by atoms with van der Waals surface area (Å²) in [6.07, 6.45) is -1.96. The number of rotatable bonds is 8. The van der Waals surface area contributed by atoms with E-state index in [2.05, 4.69) is 15.2 Å². The van der Waals surface area contributed by atoms with E-state index in [0.717, 1.165) is 26.8 Å². The third-order valence-electron chi connectivity index (χ3n) is 4.86. The van der Waals surface area contributed by atoms with E-state index in [9.17, 15) is 18.0 Å². The highest BCUT2D eigenvalue weighted by molar-refractivity contribution is 7.14. The highest BCUT2D eigenvalue weighted by Gasteiger charge is 2.27. The molecule has 0 bridgehead atoms. The first kappa shape index (κ1) is 22.1. The normalized spacial score (nSPS) is 11.9. The zero-order valence-corrected chi connectivity index (χ0v) is 17.7. The van der Waals surface area contributed by atoms with Crippen LogP contribution in [0.5, 0.6) is 0 Å². The number of carbonyl (C=O) groups is 1. The van der Waals surface area contributed by atoms with Crippen LogP contribution >= 0.6 is 11.3 Å². The van der Waals surface area contributed by atoms with Gasteiger partial charge in [0.1, 0.15) is 21.4 Å². The lowest BCUT2D eigenvalue weighted by Crippen LogP contribution is -2.12. The van der Waals surface area contributed by atoms with Crippen molar-refractivity contribution < 1.29 is 23.1 Å². The van der Waals surface area contributed by atoms with E-state index < -0.39 is 24.8 Å². The van der Waals surface area contributed by atoms with Crippen molar-refractivity contribution >= 4 is 22.8 Å². The van der Waals surface area contributed by atoms with Crippen LogP contribution in [-0.4, -0.2) is 43.3 Å². The minimum absolute atomic E-state index is 0.0181. The number of aromatic nitrogens is 4. The van der Waals surface area contributed by atoms with Gasteiger partial charge in [-0.3, -0.25) is 9.20 Å². The smallest absolute Gasteiger partial charge is 0.389 e. The number of halogens is 3. The van der Waals surface area contributed by atoms with Gasteiger partial charge in [-0.05, 0) is 23.8 Å². The molecule has 0 aliphatic rings. The summed E-state index contributed by atoms with van der Waals surface area (Å²) in [6, 6.07) is 11.0. The summed E-state index contributed by atoms with van der Waals surface area (Å²) >= 11 is 1.41. The Balaban J connectivity index is 1.55. The molecule has 0 fully saturated rings. The van der Waals surface area contributed by atoms with E-state index >= 15 is 0 Å². The molecule has 3 aromatic heterocycles. The number of hydrogen-bond acceptors (Lipinski definition) is 6. The van der Waals surface area contributed by atoms with Crippen molar-refractivity contribution in [1.82, 2.24) is 19.6 Å². The topological polar surface area (TPSA) is 80.4 Å². The molecule has 6 nitrogen and oxygen atoms in total. The summed E-state index contributed by atoms with van der Waals surface area (Å²) in [5, 5.41) is 18.8. The second kappa shape index (κ2) is 9.17. The fraction of sp³-hybridized carbons (Fsp3) is 0.273. The lowest BCUT2D eigenvalue weighted by atomic mass is 10.0. The van der Waals surface area contributed by atoms with Gasteiger partial charge >= 0.3 is 6.18 Å². The Bertz CT molecular complexity index is 1250. The monoisotopic (exact) mass is 460 g/mol. The standard InChI is InChI=1S/C22H19F3N4O2S/c23-22(24,25)7-4-17(31)11-14-2-1-3-15(10-14)18-13-26-19-12-16(5-8-29(18)19)21-28-27-20(32-21)6-9-30/h1-3,5,8,10,12-13,30H,4,6-7,9,11H2. The van der Waals surface area contributed by atoms with E-state index in [1.807, 2.05) is 28.8 Å². The quantitative estimate of drug-likeness (QED) is 0.419. The molecule has 0 amide bonds. The van der Waals surface area contributed by atoms with Crippen molar-refractivity contribution in [3.63, 3.8) is 0 Å². The predicted octanol–water partition coefficient (Wildman–Crippen LogP) is 4.51. The molecule has 4 aromatic rings. The molecule has 0 spiro atoms. The van der Waals surface area contributed by atoms with Crippen LogP contribution in [0, 0.1) is 0 Å². The zero-order chi connectivity index (χ0) is 22.7. The number of fused-ring (bicyclic) bond motifs is 1. The number of alkyl halides is 3. The largest absolute Gasteiger partial charge is 0.396 e. The van der Waals surface area contributed by atoms with E-state index in [1.54, 1.807) is 24.4 Å². The van der Waals surface area contributed by atoms with Gasteiger partial charge < -0.3 is 5.11 Å². The van der Waals surface area contributed by atoms with E-state index in [1.165, 1.54) is 11.3 Å². The van der Waals surface area contributed by atoms with Crippen LogP contribution in [0.3, 0.4) is 0 Å². The molecule has 4 rings (SSSR count). The average molecular weight is 460 g/mol. The van der Waals surface area contributed by atoms with Crippen molar-refractivity contribution in [2.45, 2.75) is 31.9 Å². The number of benzene rings is 1. The molecule has 0 aliphatic carbocycles. The van der Waals surface area contributed by atoms with Crippen molar-refractivity contribution in [3.05, 3.63) is 59.4 Å². The first-order valence-corrected chi connectivity index (χ1v) is 10.7. The number of nitrogens with zero attached hydrogens (tertiary/aromatic N) is 4. The summed E-state index contributed by atoms with van der Waals surface area (Å²) in [7, 11) is 0. The molecule has 32 heavy (non-hydrogen) atoms. The van der Waals surface area contributed by atoms with E-state index in [-0.39, 0.29) is 13.0 Å². The summed E-state index contributed by atoms with van der Waals surface area (Å²) < 4.78 is 38.9. The summed E-state index contributed by atoms with van der Waals surface area (Å²) in [6.45, 7) is 0.0181. The van der Waals surface area contributed by atoms with Crippen LogP contribution in [0.1, 0.15) is 23.4 Å². The van der Waals surface area contributed by atoms with Crippen molar-refractivity contribution in [3.8, 4) is 21.8 Å². The Morgan fingerprint density at radius 2 is 1.97 bits per heavy atom. The second-order valence-corrected chi connectivity index (χ2v) is 8.35. The third kappa shape index (κ3) is 5.20. The maximum atomic E-state index is 12.3. The molecule has 10 heteroatoms. The molecule has 0 saturated heterocycles. The number of Topliss-reactive ketones (excluding diaryl/α,β-unsaturated/α-hetero) is 1. The van der Waals surface area contributed by atoms with Crippen molar-refractivity contribution in [2.24, 2.45) is 0 Å². The molecule has 3 heterocycles. The number of pyridine rings is 1.